The molecule has 3 fully saturated rings. The van der Waals surface area contributed by atoms with Crippen LogP contribution in [-0.4, -0.2) is 49.6 Å². The predicted molar refractivity (Wildman–Crippen MR) is 96.4 cm³/mol. The topological polar surface area (TPSA) is 66.5 Å². The Bertz CT molecular complexity index is 724. The van der Waals surface area contributed by atoms with E-state index in [-0.39, 0.29) is 17.2 Å². The maximum absolute atomic E-state index is 13.0. The molecule has 0 radical (unpaired) electrons. The Kier molecular flexibility index (Phi) is 4.58. The molecular formula is C19H26N2O3S. The first-order chi connectivity index (χ1) is 12.1. The summed E-state index contributed by atoms with van der Waals surface area (Å²) >= 11 is 0. The quantitative estimate of drug-likeness (QED) is 0.896. The number of hydrogen-bond donors (Lipinski definition) is 1. The van der Waals surface area contributed by atoms with E-state index in [1.165, 1.54) is 0 Å². The Balaban J connectivity index is 1.55. The zero-order chi connectivity index (χ0) is 17.4. The van der Waals surface area contributed by atoms with Crippen molar-refractivity contribution in [1.82, 2.24) is 10.2 Å². The van der Waals surface area contributed by atoms with E-state index in [0.29, 0.717) is 16.5 Å². The van der Waals surface area contributed by atoms with E-state index in [1.807, 2.05) is 4.90 Å². The minimum Gasteiger partial charge on any atom is -0.331 e. The number of sulfone groups is 1. The molecule has 2 saturated heterocycles. The number of benzene rings is 1. The Morgan fingerprint density at radius 3 is 2.36 bits per heavy atom. The van der Waals surface area contributed by atoms with Gasteiger partial charge in [0.2, 0.25) is 0 Å². The molecular weight excluding hydrogens is 336 g/mol. The SMILES string of the molecule is O=C(c1ccc(S(=O)(=O)C2CCCC2)cc1)N1C2CCNCC1CC2. The van der Waals surface area contributed by atoms with Crippen LogP contribution in [0.3, 0.4) is 0 Å². The van der Waals surface area contributed by atoms with Gasteiger partial charge in [0.1, 0.15) is 0 Å². The van der Waals surface area contributed by atoms with Crippen LogP contribution in [0.4, 0.5) is 0 Å². The van der Waals surface area contributed by atoms with Gasteiger partial charge in [-0.3, -0.25) is 4.79 Å². The van der Waals surface area contributed by atoms with E-state index in [2.05, 4.69) is 5.32 Å². The van der Waals surface area contributed by atoms with Crippen molar-refractivity contribution in [3.8, 4) is 0 Å². The molecule has 1 saturated carbocycles. The summed E-state index contributed by atoms with van der Waals surface area (Å²) in [5, 5.41) is 3.15. The van der Waals surface area contributed by atoms with Crippen molar-refractivity contribution in [3.05, 3.63) is 29.8 Å². The predicted octanol–water partition coefficient (Wildman–Crippen LogP) is 2.37. The molecule has 3 aliphatic rings. The van der Waals surface area contributed by atoms with E-state index in [1.54, 1.807) is 24.3 Å². The van der Waals surface area contributed by atoms with Crippen molar-refractivity contribution >= 4 is 15.7 Å². The summed E-state index contributed by atoms with van der Waals surface area (Å²) in [6, 6.07) is 7.22. The van der Waals surface area contributed by atoms with E-state index >= 15 is 0 Å². The van der Waals surface area contributed by atoms with Crippen LogP contribution >= 0.6 is 0 Å². The molecule has 0 aromatic heterocycles. The normalized spacial score (nSPS) is 27.4. The lowest BCUT2D eigenvalue weighted by Gasteiger charge is -2.28. The van der Waals surface area contributed by atoms with Gasteiger partial charge in [0.15, 0.2) is 9.84 Å². The van der Waals surface area contributed by atoms with Crippen LogP contribution in [0.15, 0.2) is 29.2 Å². The molecule has 1 aromatic carbocycles. The molecule has 0 spiro atoms. The zero-order valence-electron chi connectivity index (χ0n) is 14.5. The number of rotatable bonds is 3. The molecule has 2 unspecified atom stereocenters. The Labute approximate surface area is 149 Å². The van der Waals surface area contributed by atoms with E-state index in [9.17, 15) is 13.2 Å². The Hall–Kier alpha value is -1.40. The van der Waals surface area contributed by atoms with Crippen LogP contribution < -0.4 is 5.32 Å². The molecule has 5 nitrogen and oxygen atoms in total. The highest BCUT2D eigenvalue weighted by atomic mass is 32.2. The zero-order valence-corrected chi connectivity index (χ0v) is 15.3. The fourth-order valence-corrected chi connectivity index (χ4v) is 6.50. The van der Waals surface area contributed by atoms with Crippen LogP contribution in [0.25, 0.3) is 0 Å². The van der Waals surface area contributed by atoms with Crippen molar-refractivity contribution in [2.24, 2.45) is 0 Å². The number of nitrogens with one attached hydrogen (secondary N) is 1. The average molecular weight is 362 g/mol. The molecule has 2 bridgehead atoms. The van der Waals surface area contributed by atoms with Crippen LogP contribution in [0.5, 0.6) is 0 Å². The fraction of sp³-hybridized carbons (Fsp3) is 0.632. The van der Waals surface area contributed by atoms with Crippen molar-refractivity contribution in [2.75, 3.05) is 13.1 Å². The third kappa shape index (κ3) is 3.10. The molecule has 25 heavy (non-hydrogen) atoms. The first-order valence-electron chi connectivity index (χ1n) is 9.45. The van der Waals surface area contributed by atoms with Crippen molar-refractivity contribution in [1.29, 1.82) is 0 Å². The van der Waals surface area contributed by atoms with E-state index < -0.39 is 9.84 Å². The molecule has 1 N–H and O–H groups in total. The third-order valence-corrected chi connectivity index (χ3v) is 8.34. The third-order valence-electron chi connectivity index (χ3n) is 6.06. The standard InChI is InChI=1S/C19H26N2O3S/c22-19(21-15-7-8-16(21)13-20-12-11-15)14-5-9-18(10-6-14)25(23,24)17-3-1-2-4-17/h5-6,9-10,15-17,20H,1-4,7-8,11-13H2. The van der Waals surface area contributed by atoms with Gasteiger partial charge in [-0.15, -0.1) is 0 Å². The summed E-state index contributed by atoms with van der Waals surface area (Å²) in [5.41, 5.74) is 0.601. The van der Waals surface area contributed by atoms with E-state index in [0.717, 1.165) is 58.0 Å². The number of hydrogen-bond acceptors (Lipinski definition) is 4. The van der Waals surface area contributed by atoms with Gasteiger partial charge in [0, 0.05) is 24.2 Å². The molecule has 1 aromatic rings. The fourth-order valence-electron chi connectivity index (χ4n) is 4.64. The highest BCUT2D eigenvalue weighted by Gasteiger charge is 2.38. The van der Waals surface area contributed by atoms with Gasteiger partial charge in [-0.1, -0.05) is 12.8 Å². The number of carbonyl (C=O) groups is 1. The molecule has 1 aliphatic carbocycles. The highest BCUT2D eigenvalue weighted by Crippen LogP contribution is 2.31. The van der Waals surface area contributed by atoms with Gasteiger partial charge in [-0.2, -0.15) is 0 Å². The summed E-state index contributed by atoms with van der Waals surface area (Å²) in [6.45, 7) is 1.82. The molecule has 136 valence electrons. The molecule has 2 heterocycles. The van der Waals surface area contributed by atoms with Gasteiger partial charge in [-0.25, -0.2) is 8.42 Å². The van der Waals surface area contributed by atoms with Gasteiger partial charge in [0.05, 0.1) is 10.1 Å². The molecule has 4 rings (SSSR count). The van der Waals surface area contributed by atoms with Crippen LogP contribution in [0, 0.1) is 0 Å². The molecule has 1 amide bonds. The lowest BCUT2D eigenvalue weighted by atomic mass is 10.1. The molecule has 2 aliphatic heterocycles. The second-order valence-corrected chi connectivity index (χ2v) is 9.79. The summed E-state index contributed by atoms with van der Waals surface area (Å²) in [6.07, 6.45) is 6.62. The number of carbonyl (C=O) groups excluding carboxylic acids is 1. The maximum Gasteiger partial charge on any atom is 0.254 e. The minimum absolute atomic E-state index is 0.0426. The van der Waals surface area contributed by atoms with Crippen LogP contribution in [0.1, 0.15) is 55.3 Å². The lowest BCUT2D eigenvalue weighted by molar-refractivity contribution is 0.0680. The van der Waals surface area contributed by atoms with Gasteiger partial charge >= 0.3 is 0 Å². The lowest BCUT2D eigenvalue weighted by Crippen LogP contribution is -2.42. The number of fused-ring (bicyclic) bond motifs is 2. The average Bonchev–Trinajstić information content (AvgIpc) is 3.22. The summed E-state index contributed by atoms with van der Waals surface area (Å²) in [5.74, 6) is 0.0426. The summed E-state index contributed by atoms with van der Waals surface area (Å²) in [7, 11) is -3.26. The van der Waals surface area contributed by atoms with Crippen molar-refractivity contribution < 1.29 is 13.2 Å². The largest absolute Gasteiger partial charge is 0.331 e. The summed E-state index contributed by atoms with van der Waals surface area (Å²) < 4.78 is 25.3. The maximum atomic E-state index is 13.0. The second-order valence-electron chi connectivity index (χ2n) is 7.57. The smallest absolute Gasteiger partial charge is 0.254 e. The Morgan fingerprint density at radius 2 is 1.64 bits per heavy atom. The van der Waals surface area contributed by atoms with E-state index in [4.69, 9.17) is 0 Å². The van der Waals surface area contributed by atoms with Crippen molar-refractivity contribution in [3.63, 3.8) is 0 Å². The van der Waals surface area contributed by atoms with Gasteiger partial charge in [-0.05, 0) is 62.9 Å². The second kappa shape index (κ2) is 6.72. The molecule has 6 heteroatoms. The van der Waals surface area contributed by atoms with Gasteiger partial charge < -0.3 is 10.2 Å². The minimum atomic E-state index is -3.26. The van der Waals surface area contributed by atoms with Gasteiger partial charge in [0.25, 0.3) is 5.91 Å². The first-order valence-corrected chi connectivity index (χ1v) is 11.0. The first kappa shape index (κ1) is 17.0. The highest BCUT2D eigenvalue weighted by molar-refractivity contribution is 7.92. The molecule has 2 atom stereocenters. The van der Waals surface area contributed by atoms with Crippen molar-refractivity contribution in [2.45, 2.75) is 67.2 Å². The Morgan fingerprint density at radius 1 is 0.960 bits per heavy atom. The number of amides is 1. The van der Waals surface area contributed by atoms with Crippen LogP contribution in [-0.2, 0) is 9.84 Å². The monoisotopic (exact) mass is 362 g/mol. The summed E-state index contributed by atoms with van der Waals surface area (Å²) in [4.78, 5) is 15.4. The number of nitrogens with zero attached hydrogens (tertiary/aromatic N) is 1. The van der Waals surface area contributed by atoms with Crippen LogP contribution in [0.2, 0.25) is 0 Å².